The highest BCUT2D eigenvalue weighted by Gasteiger charge is 2.35. The van der Waals surface area contributed by atoms with E-state index in [0.29, 0.717) is 24.7 Å². The van der Waals surface area contributed by atoms with Crippen LogP contribution in [0, 0.1) is 0 Å². The van der Waals surface area contributed by atoms with Gasteiger partial charge < -0.3 is 14.5 Å². The van der Waals surface area contributed by atoms with Crippen LogP contribution in [0.3, 0.4) is 0 Å². The molecule has 0 saturated heterocycles. The second-order valence-corrected chi connectivity index (χ2v) is 6.24. The molecule has 0 aliphatic heterocycles. The highest BCUT2D eigenvalue weighted by Crippen LogP contribution is 2.40. The molecule has 0 bridgehead atoms. The van der Waals surface area contributed by atoms with E-state index in [1.807, 2.05) is 6.07 Å². The summed E-state index contributed by atoms with van der Waals surface area (Å²) in [5.74, 6) is 0.851. The summed E-state index contributed by atoms with van der Waals surface area (Å²) in [6, 6.07) is 14.0. The highest BCUT2D eigenvalue weighted by atomic mass is 16.5. The Kier molecular flexibility index (Phi) is 4.82. The van der Waals surface area contributed by atoms with Gasteiger partial charge in [0.05, 0.1) is 0 Å². The maximum atomic E-state index is 12.3. The minimum absolute atomic E-state index is 0.0544. The van der Waals surface area contributed by atoms with Gasteiger partial charge >= 0.3 is 0 Å². The maximum absolute atomic E-state index is 12.3. The number of amides is 1. The van der Waals surface area contributed by atoms with Crippen molar-refractivity contribution in [3.8, 4) is 0 Å². The topological polar surface area (TPSA) is 51.5 Å². The molecule has 1 aliphatic carbocycles. The average molecular weight is 313 g/mol. The molecular formula is C19H23NO3. The molecule has 4 nitrogen and oxygen atoms in total. The van der Waals surface area contributed by atoms with Crippen LogP contribution in [0.15, 0.2) is 46.9 Å². The van der Waals surface area contributed by atoms with E-state index in [1.54, 1.807) is 19.2 Å². The monoisotopic (exact) mass is 313 g/mol. The predicted molar refractivity (Wildman–Crippen MR) is 88.3 cm³/mol. The van der Waals surface area contributed by atoms with Gasteiger partial charge in [-0.3, -0.25) is 4.79 Å². The van der Waals surface area contributed by atoms with Gasteiger partial charge in [0.2, 0.25) is 0 Å². The van der Waals surface area contributed by atoms with Crippen LogP contribution in [0.25, 0.3) is 0 Å². The first-order valence-corrected chi connectivity index (χ1v) is 8.15. The lowest BCUT2D eigenvalue weighted by atomic mass is 9.79. The quantitative estimate of drug-likeness (QED) is 0.885. The number of nitrogens with one attached hydrogen (secondary N) is 1. The third kappa shape index (κ3) is 3.48. The van der Waals surface area contributed by atoms with Gasteiger partial charge in [0.1, 0.15) is 12.4 Å². The Balaban J connectivity index is 1.68. The highest BCUT2D eigenvalue weighted by molar-refractivity contribution is 5.91. The molecule has 3 rings (SSSR count). The minimum Gasteiger partial charge on any atom is -0.453 e. The number of rotatable bonds is 6. The molecule has 1 fully saturated rings. The number of ether oxygens (including phenoxy) is 1. The number of methoxy groups -OCH3 is 1. The number of benzene rings is 1. The zero-order valence-electron chi connectivity index (χ0n) is 13.5. The predicted octanol–water partition coefficient (Wildman–Crippen LogP) is 3.67. The first kappa shape index (κ1) is 15.8. The fraction of sp³-hybridized carbons (Fsp3) is 0.421. The van der Waals surface area contributed by atoms with E-state index in [2.05, 4.69) is 29.6 Å². The minimum atomic E-state index is -0.158. The fourth-order valence-corrected chi connectivity index (χ4v) is 3.47. The van der Waals surface area contributed by atoms with E-state index in [4.69, 9.17) is 9.15 Å². The number of hydrogen-bond acceptors (Lipinski definition) is 3. The van der Waals surface area contributed by atoms with Gasteiger partial charge in [-0.1, -0.05) is 43.2 Å². The van der Waals surface area contributed by atoms with E-state index >= 15 is 0 Å². The lowest BCUT2D eigenvalue weighted by Crippen LogP contribution is -2.38. The van der Waals surface area contributed by atoms with Crippen LogP contribution in [0.4, 0.5) is 0 Å². The van der Waals surface area contributed by atoms with Gasteiger partial charge in [-0.05, 0) is 30.5 Å². The van der Waals surface area contributed by atoms with Crippen molar-refractivity contribution in [2.75, 3.05) is 13.7 Å². The normalized spacial score (nSPS) is 16.4. The second-order valence-electron chi connectivity index (χ2n) is 6.24. The summed E-state index contributed by atoms with van der Waals surface area (Å²) >= 11 is 0. The van der Waals surface area contributed by atoms with Crippen LogP contribution in [-0.2, 0) is 16.8 Å². The largest absolute Gasteiger partial charge is 0.453 e. The molecule has 23 heavy (non-hydrogen) atoms. The van der Waals surface area contributed by atoms with Crippen LogP contribution >= 0.6 is 0 Å². The number of furan rings is 1. The Bertz CT molecular complexity index is 642. The lowest BCUT2D eigenvalue weighted by Gasteiger charge is -2.29. The van der Waals surface area contributed by atoms with Crippen LogP contribution in [-0.4, -0.2) is 19.6 Å². The number of carbonyl (C=O) groups is 1. The van der Waals surface area contributed by atoms with Crippen molar-refractivity contribution >= 4 is 5.91 Å². The van der Waals surface area contributed by atoms with E-state index in [-0.39, 0.29) is 11.3 Å². The van der Waals surface area contributed by atoms with Gasteiger partial charge in [0, 0.05) is 19.1 Å². The zero-order valence-corrected chi connectivity index (χ0v) is 13.5. The van der Waals surface area contributed by atoms with E-state index < -0.39 is 0 Å². The SMILES string of the molecule is COCc1ccc(C(=O)NCC2(c3ccccc3)CCCC2)o1. The standard InChI is InChI=1S/C19H23NO3/c1-22-13-16-9-10-17(23-16)18(21)20-14-19(11-5-6-12-19)15-7-3-2-4-8-15/h2-4,7-10H,5-6,11-14H2,1H3,(H,20,21). The van der Waals surface area contributed by atoms with Crippen molar-refractivity contribution in [2.24, 2.45) is 0 Å². The third-order valence-corrected chi connectivity index (χ3v) is 4.71. The van der Waals surface area contributed by atoms with E-state index in [9.17, 15) is 4.79 Å². The van der Waals surface area contributed by atoms with Gasteiger partial charge in [-0.2, -0.15) is 0 Å². The molecule has 1 aliphatic rings. The van der Waals surface area contributed by atoms with Crippen LogP contribution in [0.2, 0.25) is 0 Å². The molecule has 0 spiro atoms. The van der Waals surface area contributed by atoms with Gasteiger partial charge in [-0.25, -0.2) is 0 Å². The molecule has 1 N–H and O–H groups in total. The Morgan fingerprint density at radius 1 is 1.17 bits per heavy atom. The molecular weight excluding hydrogens is 290 g/mol. The smallest absolute Gasteiger partial charge is 0.287 e. The molecule has 122 valence electrons. The Morgan fingerprint density at radius 2 is 1.91 bits per heavy atom. The summed E-state index contributed by atoms with van der Waals surface area (Å²) < 4.78 is 10.5. The molecule has 0 atom stereocenters. The molecule has 1 aromatic heterocycles. The number of hydrogen-bond donors (Lipinski definition) is 1. The molecule has 1 heterocycles. The van der Waals surface area contributed by atoms with Crippen molar-refractivity contribution < 1.29 is 13.9 Å². The zero-order chi connectivity index (χ0) is 16.1. The van der Waals surface area contributed by atoms with Crippen molar-refractivity contribution in [3.63, 3.8) is 0 Å². The molecule has 1 amide bonds. The molecule has 0 radical (unpaired) electrons. The summed E-state index contributed by atoms with van der Waals surface area (Å²) in [6.45, 7) is 1.03. The molecule has 1 saturated carbocycles. The third-order valence-electron chi connectivity index (χ3n) is 4.71. The van der Waals surface area contributed by atoms with Crippen molar-refractivity contribution in [3.05, 3.63) is 59.5 Å². The van der Waals surface area contributed by atoms with Gasteiger partial charge in [-0.15, -0.1) is 0 Å². The Hall–Kier alpha value is -2.07. The molecule has 4 heteroatoms. The maximum Gasteiger partial charge on any atom is 0.287 e. The average Bonchev–Trinajstić information content (AvgIpc) is 3.24. The first-order valence-electron chi connectivity index (χ1n) is 8.15. The van der Waals surface area contributed by atoms with Crippen LogP contribution < -0.4 is 5.32 Å². The van der Waals surface area contributed by atoms with E-state index in [1.165, 1.54) is 18.4 Å². The summed E-state index contributed by atoms with van der Waals surface area (Å²) in [5, 5.41) is 3.06. The van der Waals surface area contributed by atoms with Gasteiger partial charge in [0.25, 0.3) is 5.91 Å². The summed E-state index contributed by atoms with van der Waals surface area (Å²) in [7, 11) is 1.60. The first-order chi connectivity index (χ1) is 11.2. The lowest BCUT2D eigenvalue weighted by molar-refractivity contribution is 0.0906. The second kappa shape index (κ2) is 7.01. The Morgan fingerprint density at radius 3 is 2.61 bits per heavy atom. The Labute approximate surface area is 136 Å². The van der Waals surface area contributed by atoms with Crippen molar-refractivity contribution in [2.45, 2.75) is 37.7 Å². The summed E-state index contributed by atoms with van der Waals surface area (Å²) in [4.78, 5) is 12.3. The van der Waals surface area contributed by atoms with Crippen molar-refractivity contribution in [1.29, 1.82) is 0 Å². The van der Waals surface area contributed by atoms with Crippen molar-refractivity contribution in [1.82, 2.24) is 5.32 Å². The molecule has 1 aromatic carbocycles. The molecule has 0 unspecified atom stereocenters. The van der Waals surface area contributed by atoms with Crippen LogP contribution in [0.5, 0.6) is 0 Å². The fourth-order valence-electron chi connectivity index (χ4n) is 3.47. The molecule has 2 aromatic rings. The number of carbonyl (C=O) groups excluding carboxylic acids is 1. The van der Waals surface area contributed by atoms with Crippen LogP contribution in [0.1, 0.15) is 47.6 Å². The summed E-state index contributed by atoms with van der Waals surface area (Å²) in [5.41, 5.74) is 1.37. The van der Waals surface area contributed by atoms with E-state index in [0.717, 1.165) is 12.8 Å². The van der Waals surface area contributed by atoms with Gasteiger partial charge in [0.15, 0.2) is 5.76 Å². The summed E-state index contributed by atoms with van der Waals surface area (Å²) in [6.07, 6.45) is 4.65.